The first-order valence-corrected chi connectivity index (χ1v) is 12.1. The molecule has 1 aliphatic heterocycles. The van der Waals surface area contributed by atoms with E-state index in [1.54, 1.807) is 19.4 Å². The molecule has 3 aromatic rings. The van der Waals surface area contributed by atoms with E-state index in [1.807, 2.05) is 48.5 Å². The molecule has 0 fully saturated rings. The van der Waals surface area contributed by atoms with Crippen molar-refractivity contribution in [2.75, 3.05) is 20.3 Å². The Morgan fingerprint density at radius 2 is 1.76 bits per heavy atom. The van der Waals surface area contributed by atoms with Crippen molar-refractivity contribution in [2.24, 2.45) is 5.10 Å². The van der Waals surface area contributed by atoms with E-state index in [1.165, 1.54) is 0 Å². The van der Waals surface area contributed by atoms with Gasteiger partial charge in [0.25, 0.3) is 0 Å². The van der Waals surface area contributed by atoms with Crippen molar-refractivity contribution in [1.82, 2.24) is 5.43 Å². The van der Waals surface area contributed by atoms with Gasteiger partial charge in [-0.15, -0.1) is 0 Å². The van der Waals surface area contributed by atoms with Crippen LogP contribution in [-0.2, 0) is 17.8 Å². The maximum Gasteiger partial charge on any atom is 0.244 e. The first kappa shape index (κ1) is 24.1. The highest BCUT2D eigenvalue weighted by atomic mass is 79.9. The summed E-state index contributed by atoms with van der Waals surface area (Å²) in [5, 5.41) is 4.07. The Labute approximate surface area is 214 Å². The zero-order valence-corrected chi connectivity index (χ0v) is 21.5. The molecule has 4 rings (SSSR count). The van der Waals surface area contributed by atoms with E-state index in [9.17, 15) is 4.79 Å². The Hall–Kier alpha value is -3.04. The Morgan fingerprint density at radius 1 is 1.03 bits per heavy atom. The molecule has 3 aromatic carbocycles. The molecule has 1 N–H and O–H groups in total. The molecule has 176 valence electrons. The monoisotopic (exact) mass is 588 g/mol. The Morgan fingerprint density at radius 3 is 2.53 bits per heavy atom. The van der Waals surface area contributed by atoms with Gasteiger partial charge in [0.2, 0.25) is 5.91 Å². The smallest absolute Gasteiger partial charge is 0.244 e. The number of methoxy groups -OCH3 is 1. The van der Waals surface area contributed by atoms with Crippen molar-refractivity contribution >= 4 is 44.0 Å². The highest BCUT2D eigenvalue weighted by molar-refractivity contribution is 9.10. The molecule has 1 amide bonds. The number of carbonyl (C=O) groups is 1. The van der Waals surface area contributed by atoms with Crippen LogP contribution in [0.3, 0.4) is 0 Å². The quantitative estimate of drug-likeness (QED) is 0.286. The Balaban J connectivity index is 1.36. The van der Waals surface area contributed by atoms with E-state index in [2.05, 4.69) is 42.4 Å². The number of fused-ring (bicyclic) bond motifs is 1. The molecule has 9 heteroatoms. The number of nitrogens with zero attached hydrogens (tertiary/aromatic N) is 1. The third kappa shape index (κ3) is 6.30. The number of amides is 1. The minimum atomic E-state index is -0.242. The number of nitrogens with one attached hydrogen (secondary N) is 1. The van der Waals surface area contributed by atoms with Gasteiger partial charge in [-0.1, -0.05) is 34.1 Å². The SMILES string of the molecule is COc1cc(/C=N/NC(=O)Cc2ccc3c(c2)OCCO3)cc(Br)c1OCc1ccc(Br)cc1. The average Bonchev–Trinajstić information content (AvgIpc) is 2.84. The second-order valence-corrected chi connectivity index (χ2v) is 9.17. The van der Waals surface area contributed by atoms with Crippen LogP contribution in [0.15, 0.2) is 68.6 Å². The number of benzene rings is 3. The van der Waals surface area contributed by atoms with Crippen LogP contribution < -0.4 is 24.4 Å². The topological polar surface area (TPSA) is 78.4 Å². The number of hydrogen-bond acceptors (Lipinski definition) is 6. The van der Waals surface area contributed by atoms with Crippen LogP contribution in [0.1, 0.15) is 16.7 Å². The summed E-state index contributed by atoms with van der Waals surface area (Å²) < 4.78 is 24.2. The van der Waals surface area contributed by atoms with Crippen LogP contribution in [0.5, 0.6) is 23.0 Å². The van der Waals surface area contributed by atoms with Crippen molar-refractivity contribution in [3.05, 3.63) is 80.2 Å². The fourth-order valence-electron chi connectivity index (χ4n) is 3.29. The van der Waals surface area contributed by atoms with Crippen molar-refractivity contribution < 1.29 is 23.7 Å². The Bertz CT molecular complexity index is 1200. The van der Waals surface area contributed by atoms with Crippen molar-refractivity contribution in [3.8, 4) is 23.0 Å². The van der Waals surface area contributed by atoms with E-state index in [0.717, 1.165) is 21.2 Å². The summed E-state index contributed by atoms with van der Waals surface area (Å²) in [5.74, 6) is 2.24. The summed E-state index contributed by atoms with van der Waals surface area (Å²) in [6, 6.07) is 17.0. The van der Waals surface area contributed by atoms with E-state index in [-0.39, 0.29) is 12.3 Å². The molecule has 0 unspecified atom stereocenters. The van der Waals surface area contributed by atoms with Crippen LogP contribution in [0, 0.1) is 0 Å². The molecule has 0 saturated carbocycles. The number of carbonyl (C=O) groups excluding carboxylic acids is 1. The fraction of sp³-hybridized carbons (Fsp3) is 0.200. The van der Waals surface area contributed by atoms with E-state index >= 15 is 0 Å². The van der Waals surface area contributed by atoms with Crippen molar-refractivity contribution in [1.29, 1.82) is 0 Å². The predicted molar refractivity (Wildman–Crippen MR) is 136 cm³/mol. The van der Waals surface area contributed by atoms with Gasteiger partial charge in [0.15, 0.2) is 23.0 Å². The lowest BCUT2D eigenvalue weighted by Gasteiger charge is -2.18. The molecule has 7 nitrogen and oxygen atoms in total. The minimum Gasteiger partial charge on any atom is -0.493 e. The minimum absolute atomic E-state index is 0.170. The molecule has 0 saturated heterocycles. The molecule has 34 heavy (non-hydrogen) atoms. The summed E-state index contributed by atoms with van der Waals surface area (Å²) in [6.45, 7) is 1.42. The lowest BCUT2D eigenvalue weighted by molar-refractivity contribution is -0.120. The largest absolute Gasteiger partial charge is 0.493 e. The second-order valence-electron chi connectivity index (χ2n) is 7.40. The summed E-state index contributed by atoms with van der Waals surface area (Å²) in [7, 11) is 1.57. The third-order valence-electron chi connectivity index (χ3n) is 4.92. The van der Waals surface area contributed by atoms with Crippen LogP contribution in [0.2, 0.25) is 0 Å². The number of hydrogen-bond donors (Lipinski definition) is 1. The van der Waals surface area contributed by atoms with Gasteiger partial charge in [0, 0.05) is 4.47 Å². The van der Waals surface area contributed by atoms with Crippen molar-refractivity contribution in [3.63, 3.8) is 0 Å². The van der Waals surface area contributed by atoms with Gasteiger partial charge in [-0.2, -0.15) is 5.10 Å². The molecule has 0 radical (unpaired) electrons. The van der Waals surface area contributed by atoms with Crippen molar-refractivity contribution in [2.45, 2.75) is 13.0 Å². The highest BCUT2D eigenvalue weighted by Crippen LogP contribution is 2.37. The van der Waals surface area contributed by atoms with Gasteiger partial charge in [0.1, 0.15) is 19.8 Å². The molecule has 1 aliphatic rings. The van der Waals surface area contributed by atoms with Gasteiger partial charge in [-0.25, -0.2) is 5.43 Å². The maximum absolute atomic E-state index is 12.3. The third-order valence-corrected chi connectivity index (χ3v) is 6.04. The molecule has 1 heterocycles. The van der Waals surface area contributed by atoms with Gasteiger partial charge in [-0.05, 0) is 69.0 Å². The number of halogens is 2. The van der Waals surface area contributed by atoms with E-state index in [4.69, 9.17) is 18.9 Å². The van der Waals surface area contributed by atoms with E-state index < -0.39 is 0 Å². The number of rotatable bonds is 8. The molecule has 0 bridgehead atoms. The standard InChI is InChI=1S/C25H22Br2N2O5/c1-31-23-12-18(10-20(27)25(23)34-15-16-2-5-19(26)6-3-16)14-28-29-24(30)13-17-4-7-21-22(11-17)33-9-8-32-21/h2-7,10-12,14H,8-9,13,15H2,1H3,(H,29,30)/b28-14+. The van der Waals surface area contributed by atoms with Crippen LogP contribution in [0.4, 0.5) is 0 Å². The zero-order chi connectivity index (χ0) is 23.9. The summed E-state index contributed by atoms with van der Waals surface area (Å²) >= 11 is 6.96. The molecule has 0 aromatic heterocycles. The molecule has 0 aliphatic carbocycles. The van der Waals surface area contributed by atoms with Gasteiger partial charge in [0.05, 0.1) is 24.2 Å². The molecular weight excluding hydrogens is 568 g/mol. The van der Waals surface area contributed by atoms with Crippen LogP contribution >= 0.6 is 31.9 Å². The number of hydrazone groups is 1. The summed E-state index contributed by atoms with van der Waals surface area (Å²) in [4.78, 5) is 12.3. The van der Waals surface area contributed by atoms with Gasteiger partial charge in [-0.3, -0.25) is 4.79 Å². The maximum atomic E-state index is 12.3. The second kappa shape index (κ2) is 11.4. The predicted octanol–water partition coefficient (Wildman–Crippen LogP) is 5.26. The normalized spacial score (nSPS) is 12.4. The van der Waals surface area contributed by atoms with Gasteiger partial charge >= 0.3 is 0 Å². The van der Waals surface area contributed by atoms with Crippen LogP contribution in [-0.4, -0.2) is 32.4 Å². The average molecular weight is 590 g/mol. The Kier molecular flexibility index (Phi) is 8.08. The summed E-state index contributed by atoms with van der Waals surface area (Å²) in [5.41, 5.74) is 5.13. The lowest BCUT2D eigenvalue weighted by atomic mass is 10.1. The van der Waals surface area contributed by atoms with E-state index in [0.29, 0.717) is 47.3 Å². The first-order valence-electron chi connectivity index (χ1n) is 10.5. The molecule has 0 atom stereocenters. The fourth-order valence-corrected chi connectivity index (χ4v) is 4.13. The first-order chi connectivity index (χ1) is 16.5. The highest BCUT2D eigenvalue weighted by Gasteiger charge is 2.14. The van der Waals surface area contributed by atoms with Crippen LogP contribution in [0.25, 0.3) is 0 Å². The van der Waals surface area contributed by atoms with Gasteiger partial charge < -0.3 is 18.9 Å². The molecular formula is C25H22Br2N2O5. The number of ether oxygens (including phenoxy) is 4. The zero-order valence-electron chi connectivity index (χ0n) is 18.3. The molecule has 0 spiro atoms. The lowest BCUT2D eigenvalue weighted by Crippen LogP contribution is -2.20. The summed E-state index contributed by atoms with van der Waals surface area (Å²) in [6.07, 6.45) is 1.72.